The third kappa shape index (κ3) is 8.20. The summed E-state index contributed by atoms with van der Waals surface area (Å²) in [6.07, 6.45) is 2.04. The Morgan fingerprint density at radius 1 is 0.970 bits per heavy atom. The van der Waals surface area contributed by atoms with E-state index < -0.39 is 27.5 Å². The highest BCUT2D eigenvalue weighted by Gasteiger charge is 2.32. The van der Waals surface area contributed by atoms with Gasteiger partial charge >= 0.3 is 0 Å². The van der Waals surface area contributed by atoms with E-state index in [4.69, 9.17) is 0 Å². The molecule has 0 heterocycles. The Kier molecular flexibility index (Phi) is 9.05. The molecular formula is C25H35N3O4S. The number of anilines is 1. The maximum absolute atomic E-state index is 13.5. The number of rotatable bonds is 10. The Labute approximate surface area is 197 Å². The molecule has 0 fully saturated rings. The van der Waals surface area contributed by atoms with E-state index in [-0.39, 0.29) is 12.5 Å². The van der Waals surface area contributed by atoms with Gasteiger partial charge in [0.15, 0.2) is 0 Å². The lowest BCUT2D eigenvalue weighted by molar-refractivity contribution is -0.140. The number of nitrogens with zero attached hydrogens (tertiary/aromatic N) is 2. The molecule has 0 bridgehead atoms. The standard InChI is InChI=1S/C25H35N3O4S/c1-6-22(24(30)26-25(2,3)4)27(18-17-20-13-9-7-10-14-20)23(29)19-28(33(5,31)32)21-15-11-8-12-16-21/h7-16,22H,6,17-19H2,1-5H3,(H,26,30)/t22-/m0/s1. The zero-order valence-corrected chi connectivity index (χ0v) is 20.9. The van der Waals surface area contributed by atoms with Crippen molar-refractivity contribution in [1.82, 2.24) is 10.2 Å². The maximum Gasteiger partial charge on any atom is 0.244 e. The van der Waals surface area contributed by atoms with Gasteiger partial charge in [0, 0.05) is 12.1 Å². The van der Waals surface area contributed by atoms with Crippen molar-refractivity contribution < 1.29 is 18.0 Å². The first-order valence-corrected chi connectivity index (χ1v) is 13.0. The fraction of sp³-hybridized carbons (Fsp3) is 0.440. The molecule has 2 aromatic carbocycles. The molecule has 2 amide bonds. The van der Waals surface area contributed by atoms with E-state index in [1.54, 1.807) is 30.3 Å². The molecular weight excluding hydrogens is 438 g/mol. The predicted octanol–water partition coefficient (Wildman–Crippen LogP) is 3.22. The van der Waals surface area contributed by atoms with Crippen LogP contribution in [-0.2, 0) is 26.0 Å². The van der Waals surface area contributed by atoms with Crippen LogP contribution in [0.4, 0.5) is 5.69 Å². The summed E-state index contributed by atoms with van der Waals surface area (Å²) in [4.78, 5) is 28.1. The van der Waals surface area contributed by atoms with Crippen molar-refractivity contribution in [2.24, 2.45) is 0 Å². The van der Waals surface area contributed by atoms with Crippen molar-refractivity contribution in [1.29, 1.82) is 0 Å². The van der Waals surface area contributed by atoms with Crippen molar-refractivity contribution in [3.63, 3.8) is 0 Å². The smallest absolute Gasteiger partial charge is 0.244 e. The number of amides is 2. The van der Waals surface area contributed by atoms with Gasteiger partial charge in [0.1, 0.15) is 12.6 Å². The minimum Gasteiger partial charge on any atom is -0.350 e. The Morgan fingerprint density at radius 3 is 2.00 bits per heavy atom. The van der Waals surface area contributed by atoms with Gasteiger partial charge in [-0.15, -0.1) is 0 Å². The Balaban J connectivity index is 2.35. The summed E-state index contributed by atoms with van der Waals surface area (Å²) in [5.41, 5.74) is 0.981. The van der Waals surface area contributed by atoms with Gasteiger partial charge in [-0.1, -0.05) is 55.5 Å². The summed E-state index contributed by atoms with van der Waals surface area (Å²) >= 11 is 0. The highest BCUT2D eigenvalue weighted by Crippen LogP contribution is 2.18. The van der Waals surface area contributed by atoms with Gasteiger partial charge in [-0.2, -0.15) is 0 Å². The molecule has 0 spiro atoms. The topological polar surface area (TPSA) is 86.8 Å². The van der Waals surface area contributed by atoms with Gasteiger partial charge in [-0.05, 0) is 51.3 Å². The summed E-state index contributed by atoms with van der Waals surface area (Å²) in [7, 11) is -3.71. The summed E-state index contributed by atoms with van der Waals surface area (Å²) in [5.74, 6) is -0.673. The van der Waals surface area contributed by atoms with Crippen LogP contribution in [0.5, 0.6) is 0 Å². The maximum atomic E-state index is 13.5. The molecule has 7 nitrogen and oxygen atoms in total. The lowest BCUT2D eigenvalue weighted by atomic mass is 10.1. The van der Waals surface area contributed by atoms with Crippen LogP contribution in [0.25, 0.3) is 0 Å². The number of nitrogens with one attached hydrogen (secondary N) is 1. The third-order valence-electron chi connectivity index (χ3n) is 5.09. The molecule has 0 aliphatic heterocycles. The van der Waals surface area contributed by atoms with E-state index in [0.29, 0.717) is 25.1 Å². The molecule has 0 radical (unpaired) electrons. The molecule has 0 saturated heterocycles. The lowest BCUT2D eigenvalue weighted by Crippen LogP contribution is -2.56. The van der Waals surface area contributed by atoms with Crippen LogP contribution in [0.1, 0.15) is 39.7 Å². The minimum absolute atomic E-state index is 0.253. The second-order valence-corrected chi connectivity index (χ2v) is 11.0. The summed E-state index contributed by atoms with van der Waals surface area (Å²) in [6.45, 7) is 7.42. The Hall–Kier alpha value is -2.87. The predicted molar refractivity (Wildman–Crippen MR) is 132 cm³/mol. The van der Waals surface area contributed by atoms with Gasteiger partial charge in [0.2, 0.25) is 21.8 Å². The van der Waals surface area contributed by atoms with Crippen molar-refractivity contribution in [2.75, 3.05) is 23.7 Å². The first kappa shape index (κ1) is 26.4. The molecule has 33 heavy (non-hydrogen) atoms. The van der Waals surface area contributed by atoms with Crippen LogP contribution in [0, 0.1) is 0 Å². The summed E-state index contributed by atoms with van der Waals surface area (Å²) in [5, 5.41) is 2.95. The molecule has 0 unspecified atom stereocenters. The van der Waals surface area contributed by atoms with Crippen molar-refractivity contribution in [3.05, 3.63) is 66.2 Å². The van der Waals surface area contributed by atoms with Gasteiger partial charge in [-0.25, -0.2) is 8.42 Å². The van der Waals surface area contributed by atoms with E-state index in [2.05, 4.69) is 5.32 Å². The monoisotopic (exact) mass is 473 g/mol. The first-order chi connectivity index (χ1) is 15.4. The zero-order valence-electron chi connectivity index (χ0n) is 20.1. The van der Waals surface area contributed by atoms with Crippen LogP contribution >= 0.6 is 0 Å². The number of sulfonamides is 1. The van der Waals surface area contributed by atoms with Gasteiger partial charge in [0.05, 0.1) is 11.9 Å². The van der Waals surface area contributed by atoms with E-state index in [0.717, 1.165) is 16.1 Å². The second-order valence-electron chi connectivity index (χ2n) is 9.09. The van der Waals surface area contributed by atoms with Crippen LogP contribution in [0.15, 0.2) is 60.7 Å². The Morgan fingerprint density at radius 2 is 1.52 bits per heavy atom. The number of para-hydroxylation sites is 1. The van der Waals surface area contributed by atoms with Crippen LogP contribution < -0.4 is 9.62 Å². The number of hydrogen-bond acceptors (Lipinski definition) is 4. The molecule has 0 aliphatic carbocycles. The number of carbonyl (C=O) groups is 2. The number of carbonyl (C=O) groups excluding carboxylic acids is 2. The second kappa shape index (κ2) is 11.3. The molecule has 180 valence electrons. The molecule has 0 saturated carbocycles. The first-order valence-electron chi connectivity index (χ1n) is 11.1. The molecule has 1 atom stereocenters. The van der Waals surface area contributed by atoms with Crippen molar-refractivity contribution in [3.8, 4) is 0 Å². The van der Waals surface area contributed by atoms with Crippen LogP contribution in [0.2, 0.25) is 0 Å². The molecule has 0 aromatic heterocycles. The van der Waals surface area contributed by atoms with Crippen molar-refractivity contribution in [2.45, 2.75) is 52.1 Å². The number of hydrogen-bond donors (Lipinski definition) is 1. The quantitative estimate of drug-likeness (QED) is 0.574. The summed E-state index contributed by atoms with van der Waals surface area (Å²) in [6, 6.07) is 17.5. The van der Waals surface area contributed by atoms with Crippen LogP contribution in [-0.4, -0.2) is 56.1 Å². The highest BCUT2D eigenvalue weighted by atomic mass is 32.2. The average Bonchev–Trinajstić information content (AvgIpc) is 2.74. The SMILES string of the molecule is CC[C@@H](C(=O)NC(C)(C)C)N(CCc1ccccc1)C(=O)CN(c1ccccc1)S(C)(=O)=O. The van der Waals surface area contributed by atoms with Gasteiger partial charge < -0.3 is 10.2 Å². The van der Waals surface area contributed by atoms with E-state index in [1.807, 2.05) is 58.0 Å². The van der Waals surface area contributed by atoms with Crippen molar-refractivity contribution >= 4 is 27.5 Å². The molecule has 8 heteroatoms. The van der Waals surface area contributed by atoms with E-state index >= 15 is 0 Å². The number of benzene rings is 2. The zero-order chi connectivity index (χ0) is 24.6. The fourth-order valence-electron chi connectivity index (χ4n) is 3.56. The van der Waals surface area contributed by atoms with Gasteiger partial charge in [-0.3, -0.25) is 13.9 Å². The largest absolute Gasteiger partial charge is 0.350 e. The van der Waals surface area contributed by atoms with Gasteiger partial charge in [0.25, 0.3) is 0 Å². The fourth-order valence-corrected chi connectivity index (χ4v) is 4.41. The Bertz CT molecular complexity index is 1020. The molecule has 2 rings (SSSR count). The normalized spacial score (nSPS) is 12.6. The lowest BCUT2D eigenvalue weighted by Gasteiger charge is -2.34. The molecule has 2 aromatic rings. The highest BCUT2D eigenvalue weighted by molar-refractivity contribution is 7.92. The molecule has 0 aliphatic rings. The molecule has 1 N–H and O–H groups in total. The minimum atomic E-state index is -3.71. The third-order valence-corrected chi connectivity index (χ3v) is 6.23. The summed E-state index contributed by atoms with van der Waals surface area (Å²) < 4.78 is 26.1. The average molecular weight is 474 g/mol. The van der Waals surface area contributed by atoms with Crippen LogP contribution in [0.3, 0.4) is 0 Å². The van der Waals surface area contributed by atoms with E-state index in [1.165, 1.54) is 4.90 Å². The van der Waals surface area contributed by atoms with E-state index in [9.17, 15) is 18.0 Å².